The van der Waals surface area contributed by atoms with E-state index in [2.05, 4.69) is 25.2 Å². The molecule has 2 rings (SSSR count). The molecule has 1 unspecified atom stereocenters. The monoisotopic (exact) mass is 320 g/mol. The summed E-state index contributed by atoms with van der Waals surface area (Å²) in [7, 11) is 0. The molecular weight excluding hydrogens is 288 g/mol. The van der Waals surface area contributed by atoms with Crippen molar-refractivity contribution in [3.05, 3.63) is 24.3 Å². The van der Waals surface area contributed by atoms with E-state index in [0.717, 1.165) is 32.1 Å². The van der Waals surface area contributed by atoms with Crippen LogP contribution in [0.5, 0.6) is 0 Å². The van der Waals surface area contributed by atoms with Crippen LogP contribution in [0, 0.1) is 11.8 Å². The maximum Gasteiger partial charge on any atom is 0.306 e. The van der Waals surface area contributed by atoms with E-state index >= 15 is 0 Å². The third kappa shape index (κ3) is 6.50. The molecule has 23 heavy (non-hydrogen) atoms. The number of aliphatic hydroxyl groups is 1. The van der Waals surface area contributed by atoms with Gasteiger partial charge in [-0.2, -0.15) is 0 Å². The Kier molecular flexibility index (Phi) is 7.87. The molecule has 4 atom stereocenters. The first-order valence-corrected chi connectivity index (χ1v) is 9.41. The Labute approximate surface area is 140 Å². The third-order valence-electron chi connectivity index (χ3n) is 4.93. The number of ether oxygens (including phenoxy) is 1. The van der Waals surface area contributed by atoms with Gasteiger partial charge < -0.3 is 9.84 Å². The van der Waals surface area contributed by atoms with Crippen LogP contribution in [-0.2, 0) is 9.53 Å². The van der Waals surface area contributed by atoms with E-state index in [4.69, 9.17) is 4.74 Å². The van der Waals surface area contributed by atoms with Gasteiger partial charge in [0.2, 0.25) is 0 Å². The topological polar surface area (TPSA) is 46.5 Å². The summed E-state index contributed by atoms with van der Waals surface area (Å²) >= 11 is 0. The molecule has 1 heterocycles. The van der Waals surface area contributed by atoms with E-state index < -0.39 is 0 Å². The number of allylic oxidation sites excluding steroid dienone is 3. The summed E-state index contributed by atoms with van der Waals surface area (Å²) in [5.41, 5.74) is 0. The molecule has 1 N–H and O–H groups in total. The van der Waals surface area contributed by atoms with E-state index in [0.29, 0.717) is 12.3 Å². The number of hydrogen-bond donors (Lipinski definition) is 1. The zero-order valence-electron chi connectivity index (χ0n) is 14.5. The van der Waals surface area contributed by atoms with Gasteiger partial charge in [0.25, 0.3) is 0 Å². The maximum atomic E-state index is 11.3. The Morgan fingerprint density at radius 2 is 2.00 bits per heavy atom. The second-order valence-electron chi connectivity index (χ2n) is 6.95. The third-order valence-corrected chi connectivity index (χ3v) is 4.93. The SMILES string of the molecule is CCCCC/C=C\CC/C=C/C(O)[C@@H]1C[C@H]1[C@@H]1CCCC(=O)O1. The normalized spacial score (nSPS) is 29.1. The fourth-order valence-corrected chi connectivity index (χ4v) is 3.41. The molecule has 0 spiro atoms. The van der Waals surface area contributed by atoms with Gasteiger partial charge in [-0.1, -0.05) is 44.1 Å². The quantitative estimate of drug-likeness (QED) is 0.365. The number of cyclic esters (lactones) is 1. The zero-order valence-corrected chi connectivity index (χ0v) is 14.5. The lowest BCUT2D eigenvalue weighted by atomic mass is 10.0. The lowest BCUT2D eigenvalue weighted by Gasteiger charge is -2.22. The summed E-state index contributed by atoms with van der Waals surface area (Å²) in [4.78, 5) is 11.3. The molecule has 130 valence electrons. The van der Waals surface area contributed by atoms with Crippen molar-refractivity contribution >= 4 is 5.97 Å². The smallest absolute Gasteiger partial charge is 0.306 e. The molecule has 0 radical (unpaired) electrons. The predicted octanol–water partition coefficient (Wildman–Crippen LogP) is 4.55. The predicted molar refractivity (Wildman–Crippen MR) is 93.0 cm³/mol. The number of aliphatic hydroxyl groups excluding tert-OH is 1. The van der Waals surface area contributed by atoms with Crippen molar-refractivity contribution in [1.29, 1.82) is 0 Å². The highest BCUT2D eigenvalue weighted by molar-refractivity contribution is 5.70. The van der Waals surface area contributed by atoms with Crippen LogP contribution in [-0.4, -0.2) is 23.3 Å². The molecule has 0 bridgehead atoms. The van der Waals surface area contributed by atoms with Gasteiger partial charge in [-0.3, -0.25) is 4.79 Å². The first-order chi connectivity index (χ1) is 11.2. The van der Waals surface area contributed by atoms with Crippen molar-refractivity contribution < 1.29 is 14.6 Å². The van der Waals surface area contributed by atoms with Gasteiger partial charge in [-0.05, 0) is 50.9 Å². The summed E-state index contributed by atoms with van der Waals surface area (Å²) < 4.78 is 5.41. The van der Waals surface area contributed by atoms with Crippen LogP contribution >= 0.6 is 0 Å². The van der Waals surface area contributed by atoms with Gasteiger partial charge >= 0.3 is 5.97 Å². The molecule has 2 fully saturated rings. The van der Waals surface area contributed by atoms with Crippen LogP contribution in [0.25, 0.3) is 0 Å². The second kappa shape index (κ2) is 9.92. The standard InChI is InChI=1S/C20H32O3/c1-2-3-4-5-6-7-8-9-10-12-18(21)16-15-17(16)19-13-11-14-20(22)23-19/h6-7,10,12,16-19,21H,2-5,8-9,11,13-15H2,1H3/b7-6-,12-10+/t16-,17-,18?,19+/m1/s1. The van der Waals surface area contributed by atoms with E-state index in [1.807, 2.05) is 6.08 Å². The number of hydrogen-bond acceptors (Lipinski definition) is 3. The maximum absolute atomic E-state index is 11.3. The summed E-state index contributed by atoms with van der Waals surface area (Å²) in [6.45, 7) is 2.22. The van der Waals surface area contributed by atoms with E-state index in [1.54, 1.807) is 0 Å². The van der Waals surface area contributed by atoms with Gasteiger partial charge in [0.05, 0.1) is 6.10 Å². The molecule has 3 nitrogen and oxygen atoms in total. The Morgan fingerprint density at radius 1 is 1.22 bits per heavy atom. The number of carbonyl (C=O) groups excluding carboxylic acids is 1. The first kappa shape index (κ1) is 18.3. The molecule has 1 aliphatic carbocycles. The van der Waals surface area contributed by atoms with Crippen molar-refractivity contribution in [2.24, 2.45) is 11.8 Å². The lowest BCUT2D eigenvalue weighted by Crippen LogP contribution is -2.27. The Balaban J connectivity index is 1.56. The summed E-state index contributed by atoms with van der Waals surface area (Å²) in [6, 6.07) is 0. The van der Waals surface area contributed by atoms with Crippen molar-refractivity contribution in [2.75, 3.05) is 0 Å². The Hall–Kier alpha value is -1.09. The molecule has 0 aromatic rings. The van der Waals surface area contributed by atoms with Crippen LogP contribution in [0.3, 0.4) is 0 Å². The highest BCUT2D eigenvalue weighted by Crippen LogP contribution is 2.47. The minimum absolute atomic E-state index is 0.0513. The van der Waals surface area contributed by atoms with Crippen molar-refractivity contribution in [3.63, 3.8) is 0 Å². The average molecular weight is 320 g/mol. The highest BCUT2D eigenvalue weighted by Gasteiger charge is 2.48. The molecule has 1 saturated heterocycles. The number of rotatable bonds is 10. The average Bonchev–Trinajstić information content (AvgIpc) is 3.34. The minimum Gasteiger partial charge on any atom is -0.462 e. The van der Waals surface area contributed by atoms with Gasteiger partial charge in [0, 0.05) is 12.3 Å². The number of carbonyl (C=O) groups is 1. The zero-order chi connectivity index (χ0) is 16.5. The van der Waals surface area contributed by atoms with Gasteiger partial charge in [-0.25, -0.2) is 0 Å². The van der Waals surface area contributed by atoms with Gasteiger partial charge in [0.1, 0.15) is 6.10 Å². The lowest BCUT2D eigenvalue weighted by molar-refractivity contribution is -0.155. The summed E-state index contributed by atoms with van der Waals surface area (Å²) in [6.07, 6.45) is 18.7. The van der Waals surface area contributed by atoms with E-state index in [1.165, 1.54) is 25.7 Å². The number of unbranched alkanes of at least 4 members (excludes halogenated alkanes) is 4. The molecule has 1 saturated carbocycles. The molecule has 3 heteroatoms. The van der Waals surface area contributed by atoms with Crippen LogP contribution < -0.4 is 0 Å². The largest absolute Gasteiger partial charge is 0.462 e. The van der Waals surface area contributed by atoms with Gasteiger partial charge in [-0.15, -0.1) is 0 Å². The molecule has 1 aliphatic heterocycles. The molecule has 0 amide bonds. The number of esters is 1. The van der Waals surface area contributed by atoms with E-state index in [-0.39, 0.29) is 24.1 Å². The molecular formula is C20H32O3. The highest BCUT2D eigenvalue weighted by atomic mass is 16.5. The fourth-order valence-electron chi connectivity index (χ4n) is 3.41. The van der Waals surface area contributed by atoms with E-state index in [9.17, 15) is 9.90 Å². The molecule has 2 aliphatic rings. The summed E-state index contributed by atoms with van der Waals surface area (Å²) in [5.74, 6) is 0.590. The van der Waals surface area contributed by atoms with Crippen LogP contribution in [0.4, 0.5) is 0 Å². The molecule has 0 aromatic heterocycles. The fraction of sp³-hybridized carbons (Fsp3) is 0.750. The first-order valence-electron chi connectivity index (χ1n) is 9.41. The van der Waals surface area contributed by atoms with Gasteiger partial charge in [0.15, 0.2) is 0 Å². The van der Waals surface area contributed by atoms with Crippen molar-refractivity contribution in [1.82, 2.24) is 0 Å². The van der Waals surface area contributed by atoms with Crippen molar-refractivity contribution in [3.8, 4) is 0 Å². The minimum atomic E-state index is -0.380. The molecule has 0 aromatic carbocycles. The van der Waals surface area contributed by atoms with Crippen LogP contribution in [0.15, 0.2) is 24.3 Å². The van der Waals surface area contributed by atoms with Crippen LogP contribution in [0.2, 0.25) is 0 Å². The summed E-state index contributed by atoms with van der Waals surface area (Å²) in [5, 5.41) is 10.2. The van der Waals surface area contributed by atoms with Crippen molar-refractivity contribution in [2.45, 2.75) is 83.3 Å². The Morgan fingerprint density at radius 3 is 2.78 bits per heavy atom. The second-order valence-corrected chi connectivity index (χ2v) is 6.95. The Bertz CT molecular complexity index is 413. The van der Waals surface area contributed by atoms with Crippen LogP contribution in [0.1, 0.15) is 71.1 Å².